The highest BCUT2D eigenvalue weighted by molar-refractivity contribution is 5.78. The average molecular weight is 236 g/mol. The van der Waals surface area contributed by atoms with Gasteiger partial charge in [0.1, 0.15) is 0 Å². The van der Waals surface area contributed by atoms with Gasteiger partial charge >= 0.3 is 0 Å². The molecule has 0 aliphatic heterocycles. The topological polar surface area (TPSA) is 81.1 Å². The van der Waals surface area contributed by atoms with Gasteiger partial charge in [0.05, 0.1) is 19.3 Å². The molecule has 0 amide bonds. The zero-order valence-corrected chi connectivity index (χ0v) is 10.0. The molecule has 0 aromatic carbocycles. The van der Waals surface area contributed by atoms with Crippen molar-refractivity contribution in [2.75, 3.05) is 6.54 Å². The van der Waals surface area contributed by atoms with Crippen LogP contribution < -0.4 is 11.1 Å². The van der Waals surface area contributed by atoms with Gasteiger partial charge in [0.15, 0.2) is 5.96 Å². The first-order valence-electron chi connectivity index (χ1n) is 6.25. The van der Waals surface area contributed by atoms with E-state index in [9.17, 15) is 0 Å². The second-order valence-electron chi connectivity index (χ2n) is 4.41. The summed E-state index contributed by atoms with van der Waals surface area (Å²) in [7, 11) is 0. The van der Waals surface area contributed by atoms with Gasteiger partial charge in [0.25, 0.3) is 0 Å². The van der Waals surface area contributed by atoms with Crippen molar-refractivity contribution in [3.8, 4) is 0 Å². The van der Waals surface area contributed by atoms with Gasteiger partial charge < -0.3 is 11.1 Å². The van der Waals surface area contributed by atoms with Crippen molar-refractivity contribution in [3.05, 3.63) is 12.4 Å². The third-order valence-electron chi connectivity index (χ3n) is 3.04. The highest BCUT2D eigenvalue weighted by atomic mass is 15.4. The van der Waals surface area contributed by atoms with Crippen LogP contribution >= 0.6 is 0 Å². The van der Waals surface area contributed by atoms with Crippen LogP contribution in [0.2, 0.25) is 0 Å². The quantitative estimate of drug-likeness (QED) is 0.589. The van der Waals surface area contributed by atoms with E-state index < -0.39 is 0 Å². The summed E-state index contributed by atoms with van der Waals surface area (Å²) >= 11 is 0. The number of nitrogens with zero attached hydrogens (tertiary/aromatic N) is 4. The van der Waals surface area contributed by atoms with Crippen molar-refractivity contribution in [3.63, 3.8) is 0 Å². The minimum absolute atomic E-state index is 0.513. The molecule has 0 atom stereocenters. The minimum Gasteiger partial charge on any atom is -0.370 e. The molecule has 94 valence electrons. The van der Waals surface area contributed by atoms with Gasteiger partial charge in [-0.05, 0) is 12.8 Å². The molecule has 1 fully saturated rings. The molecule has 1 aromatic rings. The molecule has 0 unspecified atom stereocenters. The van der Waals surface area contributed by atoms with Crippen LogP contribution in [0.15, 0.2) is 17.4 Å². The minimum atomic E-state index is 0.513. The Balaban J connectivity index is 1.69. The summed E-state index contributed by atoms with van der Waals surface area (Å²) in [6, 6.07) is 0.513. The van der Waals surface area contributed by atoms with Crippen LogP contribution in [0.3, 0.4) is 0 Å². The fourth-order valence-corrected chi connectivity index (χ4v) is 2.13. The predicted molar refractivity (Wildman–Crippen MR) is 66.5 cm³/mol. The Bertz CT molecular complexity index is 339. The van der Waals surface area contributed by atoms with Crippen LogP contribution in [0.4, 0.5) is 0 Å². The van der Waals surface area contributed by atoms with Crippen molar-refractivity contribution < 1.29 is 0 Å². The van der Waals surface area contributed by atoms with Crippen LogP contribution in [-0.2, 0) is 6.54 Å². The normalized spacial score (nSPS) is 18.2. The summed E-state index contributed by atoms with van der Waals surface area (Å²) in [6.07, 6.45) is 9.83. The lowest BCUT2D eigenvalue weighted by molar-refractivity contribution is 0.412. The lowest BCUT2D eigenvalue weighted by atomic mass is 9.96. The summed E-state index contributed by atoms with van der Waals surface area (Å²) in [6.45, 7) is 1.35. The summed E-state index contributed by atoms with van der Waals surface area (Å²) in [5, 5.41) is 10.9. The molecule has 17 heavy (non-hydrogen) atoms. The third-order valence-corrected chi connectivity index (χ3v) is 3.04. The van der Waals surface area contributed by atoms with Crippen LogP contribution in [0.5, 0.6) is 0 Å². The molecule has 1 heterocycles. The summed E-state index contributed by atoms with van der Waals surface area (Å²) < 4.78 is 1.75. The Hall–Kier alpha value is -1.59. The molecule has 1 aromatic heterocycles. The maximum absolute atomic E-state index is 5.84. The zero-order chi connectivity index (χ0) is 11.9. The lowest BCUT2D eigenvalue weighted by Gasteiger charge is -2.23. The van der Waals surface area contributed by atoms with E-state index in [0.29, 0.717) is 25.1 Å². The highest BCUT2D eigenvalue weighted by Crippen LogP contribution is 2.16. The van der Waals surface area contributed by atoms with Crippen LogP contribution in [0.1, 0.15) is 32.1 Å². The van der Waals surface area contributed by atoms with E-state index in [-0.39, 0.29) is 0 Å². The summed E-state index contributed by atoms with van der Waals surface area (Å²) in [5.41, 5.74) is 5.84. The van der Waals surface area contributed by atoms with Crippen molar-refractivity contribution in [1.82, 2.24) is 20.3 Å². The maximum Gasteiger partial charge on any atom is 0.188 e. The van der Waals surface area contributed by atoms with E-state index in [2.05, 4.69) is 20.6 Å². The molecule has 6 nitrogen and oxygen atoms in total. The summed E-state index contributed by atoms with van der Waals surface area (Å²) in [5.74, 6) is 0.553. The van der Waals surface area contributed by atoms with Crippen molar-refractivity contribution in [1.29, 1.82) is 0 Å². The predicted octanol–water partition coefficient (Wildman–Crippen LogP) is 0.515. The third kappa shape index (κ3) is 4.05. The SMILES string of the molecule is NC(=NCCn1ccnn1)NC1CCCCC1. The first-order chi connectivity index (χ1) is 8.34. The molecule has 1 aliphatic carbocycles. The van der Waals surface area contributed by atoms with Crippen LogP contribution in [-0.4, -0.2) is 33.5 Å². The summed E-state index contributed by atoms with van der Waals surface area (Å²) in [4.78, 5) is 4.29. The van der Waals surface area contributed by atoms with E-state index in [4.69, 9.17) is 5.73 Å². The first kappa shape index (κ1) is 11.9. The van der Waals surface area contributed by atoms with E-state index >= 15 is 0 Å². The number of rotatable bonds is 4. The number of guanidine groups is 1. The van der Waals surface area contributed by atoms with Gasteiger partial charge in [0, 0.05) is 12.2 Å². The maximum atomic E-state index is 5.84. The van der Waals surface area contributed by atoms with E-state index in [1.54, 1.807) is 10.9 Å². The van der Waals surface area contributed by atoms with Gasteiger partial charge in [-0.1, -0.05) is 24.5 Å². The smallest absolute Gasteiger partial charge is 0.188 e. The van der Waals surface area contributed by atoms with Gasteiger partial charge in [-0.2, -0.15) is 0 Å². The molecule has 0 bridgehead atoms. The number of hydrogen-bond donors (Lipinski definition) is 2. The number of hydrogen-bond acceptors (Lipinski definition) is 3. The van der Waals surface area contributed by atoms with E-state index in [1.807, 2.05) is 6.20 Å². The van der Waals surface area contributed by atoms with Crippen LogP contribution in [0.25, 0.3) is 0 Å². The van der Waals surface area contributed by atoms with E-state index in [1.165, 1.54) is 32.1 Å². The molecule has 2 rings (SSSR count). The Labute approximate surface area is 101 Å². The Morgan fingerprint density at radius 2 is 2.24 bits per heavy atom. The molecular weight excluding hydrogens is 216 g/mol. The highest BCUT2D eigenvalue weighted by Gasteiger charge is 2.12. The van der Waals surface area contributed by atoms with E-state index in [0.717, 1.165) is 0 Å². The Morgan fingerprint density at radius 1 is 1.41 bits per heavy atom. The van der Waals surface area contributed by atoms with Gasteiger partial charge in [0.2, 0.25) is 0 Å². The number of nitrogens with two attached hydrogens (primary N) is 1. The molecule has 3 N–H and O–H groups in total. The van der Waals surface area contributed by atoms with Gasteiger partial charge in [-0.3, -0.25) is 9.67 Å². The molecule has 0 spiro atoms. The molecule has 6 heteroatoms. The molecular formula is C11H20N6. The fraction of sp³-hybridized carbons (Fsp3) is 0.727. The second kappa shape index (κ2) is 6.22. The lowest BCUT2D eigenvalue weighted by Crippen LogP contribution is -2.41. The first-order valence-corrected chi connectivity index (χ1v) is 6.25. The standard InChI is InChI=1S/C11H20N6/c12-11(15-10-4-2-1-3-5-10)13-6-8-17-9-7-14-16-17/h7,9-10H,1-6,8H2,(H3,12,13,15). The van der Waals surface area contributed by atoms with Gasteiger partial charge in [-0.25, -0.2) is 0 Å². The number of nitrogens with one attached hydrogen (secondary N) is 1. The number of aliphatic imine (C=N–C) groups is 1. The molecule has 0 saturated heterocycles. The monoisotopic (exact) mass is 236 g/mol. The van der Waals surface area contributed by atoms with Crippen molar-refractivity contribution in [2.24, 2.45) is 10.7 Å². The average Bonchev–Trinajstić information content (AvgIpc) is 2.83. The zero-order valence-electron chi connectivity index (χ0n) is 10.0. The van der Waals surface area contributed by atoms with Crippen molar-refractivity contribution >= 4 is 5.96 Å². The second-order valence-corrected chi connectivity index (χ2v) is 4.41. The fourth-order valence-electron chi connectivity index (χ4n) is 2.13. The molecule has 0 radical (unpaired) electrons. The molecule has 1 saturated carbocycles. The molecule has 1 aliphatic rings. The Morgan fingerprint density at radius 3 is 2.94 bits per heavy atom. The van der Waals surface area contributed by atoms with Gasteiger partial charge in [-0.15, -0.1) is 5.10 Å². The van der Waals surface area contributed by atoms with Crippen LogP contribution in [0, 0.1) is 0 Å². The number of aromatic nitrogens is 3. The Kier molecular flexibility index (Phi) is 4.35. The van der Waals surface area contributed by atoms with Crippen molar-refractivity contribution in [2.45, 2.75) is 44.7 Å². The largest absolute Gasteiger partial charge is 0.370 e.